The van der Waals surface area contributed by atoms with Gasteiger partial charge in [-0.05, 0) is 43.2 Å². The van der Waals surface area contributed by atoms with Gasteiger partial charge in [0.05, 0.1) is 5.69 Å². The highest BCUT2D eigenvalue weighted by Gasteiger charge is 2.23. The molecule has 0 saturated heterocycles. The lowest BCUT2D eigenvalue weighted by molar-refractivity contribution is -0.118. The molecule has 0 saturated carbocycles. The molecule has 0 radical (unpaired) electrons. The van der Waals surface area contributed by atoms with E-state index in [0.29, 0.717) is 43.0 Å². The van der Waals surface area contributed by atoms with Crippen LogP contribution in [0.1, 0.15) is 62.9 Å². The van der Waals surface area contributed by atoms with Crippen molar-refractivity contribution in [2.24, 2.45) is 5.73 Å². The van der Waals surface area contributed by atoms with Crippen molar-refractivity contribution < 1.29 is 13.9 Å². The van der Waals surface area contributed by atoms with Crippen molar-refractivity contribution in [2.75, 3.05) is 6.61 Å². The van der Waals surface area contributed by atoms with E-state index in [1.54, 1.807) is 12.1 Å². The number of hydrogen-bond acceptors (Lipinski definition) is 5. The molecule has 2 N–H and O–H groups in total. The first-order chi connectivity index (χ1) is 15.7. The molecule has 0 aliphatic heterocycles. The summed E-state index contributed by atoms with van der Waals surface area (Å²) < 4.78 is 21.3. The first kappa shape index (κ1) is 26.9. The van der Waals surface area contributed by atoms with E-state index in [2.05, 4.69) is 30.7 Å². The fourth-order valence-electron chi connectivity index (χ4n) is 3.58. The summed E-state index contributed by atoms with van der Waals surface area (Å²) in [6.07, 6.45) is 4.48. The Morgan fingerprint density at radius 2 is 1.94 bits per heavy atom. The number of unbranched alkanes of at least 4 members (excludes halogenated alkanes) is 2. The van der Waals surface area contributed by atoms with Gasteiger partial charge in [-0.1, -0.05) is 39.4 Å². The Labute approximate surface area is 198 Å². The standard InChI is InChI=1S/C25H37FN4O2Si/c1-5-21(31)9-7-6-8-10-22(28)24-23(17-27)29-25(19-11-13-20(26)14-12-19)30(24)18-32-15-16-33(2,3)4/h11-14,22H,5-10,15-16,18,28H2,1-4H3. The lowest BCUT2D eigenvalue weighted by Crippen LogP contribution is -2.23. The third-order valence-electron chi connectivity index (χ3n) is 5.65. The maximum Gasteiger partial charge on any atom is 0.164 e. The summed E-state index contributed by atoms with van der Waals surface area (Å²) in [6.45, 7) is 9.62. The third-order valence-corrected chi connectivity index (χ3v) is 7.35. The number of nitrogens with two attached hydrogens (primary N) is 1. The minimum absolute atomic E-state index is 0.236. The molecule has 0 amide bonds. The van der Waals surface area contributed by atoms with Gasteiger partial charge in [-0.2, -0.15) is 5.26 Å². The van der Waals surface area contributed by atoms with Gasteiger partial charge in [-0.25, -0.2) is 9.37 Å². The summed E-state index contributed by atoms with van der Waals surface area (Å²) in [5, 5.41) is 9.76. The summed E-state index contributed by atoms with van der Waals surface area (Å²) in [5.41, 5.74) is 8.17. The van der Waals surface area contributed by atoms with Crippen LogP contribution in [0.25, 0.3) is 11.4 Å². The molecule has 0 fully saturated rings. The number of ketones is 1. The average Bonchev–Trinajstić information content (AvgIpc) is 3.14. The van der Waals surface area contributed by atoms with Crippen molar-refractivity contribution in [1.82, 2.24) is 9.55 Å². The molecule has 1 heterocycles. The minimum Gasteiger partial charge on any atom is -0.361 e. The summed E-state index contributed by atoms with van der Waals surface area (Å²) in [7, 11) is -1.25. The minimum atomic E-state index is -1.25. The number of aromatic nitrogens is 2. The molecular formula is C25H37FN4O2Si. The number of rotatable bonds is 14. The van der Waals surface area contributed by atoms with Gasteiger partial charge in [0.15, 0.2) is 5.69 Å². The molecule has 1 aromatic heterocycles. The molecule has 8 heteroatoms. The fourth-order valence-corrected chi connectivity index (χ4v) is 4.34. The van der Waals surface area contributed by atoms with Crippen LogP contribution in [-0.2, 0) is 16.3 Å². The fraction of sp³-hybridized carbons (Fsp3) is 0.560. The highest BCUT2D eigenvalue weighted by Crippen LogP contribution is 2.28. The zero-order valence-electron chi connectivity index (χ0n) is 20.4. The van der Waals surface area contributed by atoms with E-state index < -0.39 is 8.07 Å². The Kier molecular flexibility index (Phi) is 10.4. The number of carbonyl (C=O) groups excluding carboxylic acids is 1. The first-order valence-corrected chi connectivity index (χ1v) is 15.5. The van der Waals surface area contributed by atoms with Crippen LogP contribution in [0, 0.1) is 17.1 Å². The zero-order chi connectivity index (χ0) is 24.4. The van der Waals surface area contributed by atoms with Crippen molar-refractivity contribution in [3.05, 3.63) is 41.5 Å². The number of nitriles is 1. The number of ether oxygens (including phenoxy) is 1. The molecule has 0 aliphatic carbocycles. The first-order valence-electron chi connectivity index (χ1n) is 11.8. The van der Waals surface area contributed by atoms with E-state index in [-0.39, 0.29) is 30.1 Å². The van der Waals surface area contributed by atoms with Crippen molar-refractivity contribution in [3.8, 4) is 17.5 Å². The molecule has 1 atom stereocenters. The Hall–Kier alpha value is -2.34. The highest BCUT2D eigenvalue weighted by atomic mass is 28.3. The quantitative estimate of drug-likeness (QED) is 0.277. The molecular weight excluding hydrogens is 435 g/mol. The lowest BCUT2D eigenvalue weighted by Gasteiger charge is -2.19. The van der Waals surface area contributed by atoms with Crippen LogP contribution in [0.5, 0.6) is 0 Å². The van der Waals surface area contributed by atoms with E-state index >= 15 is 0 Å². The van der Waals surface area contributed by atoms with E-state index in [0.717, 1.165) is 25.3 Å². The van der Waals surface area contributed by atoms with Gasteiger partial charge >= 0.3 is 0 Å². The zero-order valence-corrected chi connectivity index (χ0v) is 21.4. The second kappa shape index (κ2) is 12.8. The number of carbonyl (C=O) groups is 1. The Morgan fingerprint density at radius 1 is 1.24 bits per heavy atom. The van der Waals surface area contributed by atoms with Crippen molar-refractivity contribution in [3.63, 3.8) is 0 Å². The second-order valence-corrected chi connectivity index (χ2v) is 15.3. The highest BCUT2D eigenvalue weighted by molar-refractivity contribution is 6.76. The molecule has 0 spiro atoms. The van der Waals surface area contributed by atoms with Crippen LogP contribution < -0.4 is 5.73 Å². The second-order valence-electron chi connectivity index (χ2n) is 9.66. The SMILES string of the molecule is CCC(=O)CCCCCC(N)c1c(C#N)nc(-c2ccc(F)cc2)n1COCC[Si](C)(C)C. The van der Waals surface area contributed by atoms with Crippen molar-refractivity contribution >= 4 is 13.9 Å². The predicted octanol–water partition coefficient (Wildman–Crippen LogP) is 5.80. The van der Waals surface area contributed by atoms with Crippen LogP contribution in [0.4, 0.5) is 4.39 Å². The van der Waals surface area contributed by atoms with E-state index in [1.807, 2.05) is 11.5 Å². The van der Waals surface area contributed by atoms with Gasteiger partial charge in [0.2, 0.25) is 0 Å². The molecule has 180 valence electrons. The van der Waals surface area contributed by atoms with Crippen LogP contribution in [-0.4, -0.2) is 30.0 Å². The number of benzene rings is 1. The van der Waals surface area contributed by atoms with Gasteiger partial charge in [-0.15, -0.1) is 0 Å². The molecule has 6 nitrogen and oxygen atoms in total. The van der Waals surface area contributed by atoms with Gasteiger partial charge in [0.25, 0.3) is 0 Å². The molecule has 0 bridgehead atoms. The lowest BCUT2D eigenvalue weighted by atomic mass is 10.0. The maximum atomic E-state index is 13.5. The number of nitrogens with zero attached hydrogens (tertiary/aromatic N) is 3. The monoisotopic (exact) mass is 472 g/mol. The Morgan fingerprint density at radius 3 is 2.55 bits per heavy atom. The largest absolute Gasteiger partial charge is 0.361 e. The van der Waals surface area contributed by atoms with E-state index in [4.69, 9.17) is 10.5 Å². The normalized spacial score (nSPS) is 12.5. The molecule has 0 aliphatic rings. The van der Waals surface area contributed by atoms with Gasteiger partial charge < -0.3 is 15.0 Å². The van der Waals surface area contributed by atoms with Crippen LogP contribution in [0.15, 0.2) is 24.3 Å². The van der Waals surface area contributed by atoms with Gasteiger partial charge in [-0.3, -0.25) is 4.79 Å². The molecule has 2 rings (SSSR count). The van der Waals surface area contributed by atoms with Gasteiger partial charge in [0.1, 0.15) is 30.2 Å². The predicted molar refractivity (Wildman–Crippen MR) is 132 cm³/mol. The number of Topliss-reactive ketones (excluding diaryl/α,β-unsaturated/α-hetero) is 1. The molecule has 2 aromatic rings. The number of halogens is 1. The third kappa shape index (κ3) is 8.50. The summed E-state index contributed by atoms with van der Waals surface area (Å²) in [6, 6.07) is 8.87. The Bertz CT molecular complexity index is 945. The van der Waals surface area contributed by atoms with Crippen LogP contribution in [0.3, 0.4) is 0 Å². The molecule has 1 unspecified atom stereocenters. The Balaban J connectivity index is 2.22. The topological polar surface area (TPSA) is 93.9 Å². The number of hydrogen-bond donors (Lipinski definition) is 1. The smallest absolute Gasteiger partial charge is 0.164 e. The summed E-state index contributed by atoms with van der Waals surface area (Å²) in [4.78, 5) is 16.0. The van der Waals surface area contributed by atoms with E-state index in [9.17, 15) is 14.4 Å². The van der Waals surface area contributed by atoms with Crippen LogP contribution in [0.2, 0.25) is 25.7 Å². The summed E-state index contributed by atoms with van der Waals surface area (Å²) in [5.74, 6) is 0.504. The van der Waals surface area contributed by atoms with Gasteiger partial charge in [0, 0.05) is 39.1 Å². The van der Waals surface area contributed by atoms with Crippen molar-refractivity contribution in [1.29, 1.82) is 5.26 Å². The molecule has 33 heavy (non-hydrogen) atoms. The molecule has 1 aromatic carbocycles. The number of imidazole rings is 1. The summed E-state index contributed by atoms with van der Waals surface area (Å²) >= 11 is 0. The van der Waals surface area contributed by atoms with Crippen LogP contribution >= 0.6 is 0 Å². The average molecular weight is 473 g/mol. The maximum absolute atomic E-state index is 13.5. The van der Waals surface area contributed by atoms with Crippen molar-refractivity contribution in [2.45, 2.75) is 83.9 Å². The van der Waals surface area contributed by atoms with E-state index in [1.165, 1.54) is 12.1 Å².